The minimum atomic E-state index is -1.88. The molecule has 3 rings (SSSR count). The number of hydrogen-bond acceptors (Lipinski definition) is 5. The number of aromatic nitrogens is 2. The highest BCUT2D eigenvalue weighted by molar-refractivity contribution is 6.74. The molecular weight excluding hydrogens is 360 g/mol. The highest BCUT2D eigenvalue weighted by Gasteiger charge is 2.37. The molecule has 3 heterocycles. The molecule has 2 aromatic heterocycles. The van der Waals surface area contributed by atoms with Gasteiger partial charge in [0.05, 0.1) is 42.9 Å². The maximum atomic E-state index is 12.1. The zero-order valence-corrected chi connectivity index (χ0v) is 18.2. The number of pyridine rings is 1. The fraction of sp³-hybridized carbons (Fsp3) is 0.600. The third-order valence-electron chi connectivity index (χ3n) is 5.51. The number of imidazole rings is 1. The van der Waals surface area contributed by atoms with Crippen LogP contribution in [0.2, 0.25) is 18.1 Å². The lowest BCUT2D eigenvalue weighted by molar-refractivity contribution is 0.0526. The topological polar surface area (TPSA) is 65.4 Å². The van der Waals surface area contributed by atoms with E-state index in [4.69, 9.17) is 18.9 Å². The van der Waals surface area contributed by atoms with Crippen LogP contribution in [0.5, 0.6) is 0 Å². The van der Waals surface area contributed by atoms with Gasteiger partial charge in [0.2, 0.25) is 0 Å². The van der Waals surface area contributed by atoms with Crippen molar-refractivity contribution in [3.05, 3.63) is 35.3 Å². The Kier molecular flexibility index (Phi) is 5.47. The van der Waals surface area contributed by atoms with Crippen molar-refractivity contribution in [2.45, 2.75) is 65.0 Å². The van der Waals surface area contributed by atoms with Gasteiger partial charge >= 0.3 is 5.97 Å². The predicted molar refractivity (Wildman–Crippen MR) is 107 cm³/mol. The lowest BCUT2D eigenvalue weighted by atomic mass is 10.2. The first-order valence-corrected chi connectivity index (χ1v) is 12.5. The number of epoxide rings is 1. The van der Waals surface area contributed by atoms with E-state index in [0.717, 1.165) is 30.1 Å². The molecular formula is C20H30N2O4Si. The van der Waals surface area contributed by atoms with E-state index in [2.05, 4.69) is 33.9 Å². The number of rotatable bonds is 7. The number of ether oxygens (including phenoxy) is 2. The van der Waals surface area contributed by atoms with Crippen LogP contribution in [0, 0.1) is 0 Å². The molecule has 6 nitrogen and oxygen atoms in total. The Bertz CT molecular complexity index is 834. The largest absolute Gasteiger partial charge is 0.462 e. The van der Waals surface area contributed by atoms with E-state index >= 15 is 0 Å². The molecule has 0 N–H and O–H groups in total. The maximum absolute atomic E-state index is 12.1. The molecule has 0 amide bonds. The second kappa shape index (κ2) is 7.37. The van der Waals surface area contributed by atoms with Crippen LogP contribution in [0.4, 0.5) is 0 Å². The summed E-state index contributed by atoms with van der Waals surface area (Å²) in [6.07, 6.45) is 2.81. The van der Waals surface area contributed by atoms with Crippen LogP contribution < -0.4 is 0 Å². The third-order valence-corrected chi connectivity index (χ3v) is 9.99. The van der Waals surface area contributed by atoms with Gasteiger partial charge in [0.25, 0.3) is 0 Å². The van der Waals surface area contributed by atoms with Gasteiger partial charge in [0.1, 0.15) is 5.65 Å². The average Bonchev–Trinajstić information content (AvgIpc) is 3.33. The summed E-state index contributed by atoms with van der Waals surface area (Å²) in [5.74, 6) is -0.319. The molecule has 1 fully saturated rings. The van der Waals surface area contributed by atoms with Gasteiger partial charge in [-0.2, -0.15) is 0 Å². The fourth-order valence-corrected chi connectivity index (χ4v) is 3.61. The second-order valence-corrected chi connectivity index (χ2v) is 13.4. The molecule has 0 bridgehead atoms. The van der Waals surface area contributed by atoms with E-state index in [-0.39, 0.29) is 17.1 Å². The number of fused-ring (bicyclic) bond motifs is 1. The Hall–Kier alpha value is -1.70. The molecule has 0 saturated carbocycles. The van der Waals surface area contributed by atoms with E-state index in [1.807, 2.05) is 16.7 Å². The molecule has 7 heteroatoms. The Morgan fingerprint density at radius 1 is 1.37 bits per heavy atom. The summed E-state index contributed by atoms with van der Waals surface area (Å²) < 4.78 is 19.0. The normalized spacial score (nSPS) is 17.3. The van der Waals surface area contributed by atoms with E-state index in [1.165, 1.54) is 0 Å². The van der Waals surface area contributed by atoms with Crippen LogP contribution in [-0.2, 0) is 26.9 Å². The maximum Gasteiger partial charge on any atom is 0.339 e. The van der Waals surface area contributed by atoms with Crippen LogP contribution in [0.3, 0.4) is 0 Å². The molecule has 0 radical (unpaired) electrons. The first-order valence-electron chi connectivity index (χ1n) is 9.55. The quantitative estimate of drug-likeness (QED) is 0.406. The highest BCUT2D eigenvalue weighted by Crippen LogP contribution is 2.37. The third kappa shape index (κ3) is 4.42. The van der Waals surface area contributed by atoms with Gasteiger partial charge in [-0.25, -0.2) is 9.78 Å². The van der Waals surface area contributed by atoms with Crippen LogP contribution in [0.1, 0.15) is 49.4 Å². The van der Waals surface area contributed by atoms with Crippen molar-refractivity contribution in [1.82, 2.24) is 9.38 Å². The van der Waals surface area contributed by atoms with Gasteiger partial charge in [-0.1, -0.05) is 20.8 Å². The molecule has 1 unspecified atom stereocenters. The summed E-state index contributed by atoms with van der Waals surface area (Å²) in [6, 6.07) is 3.62. The zero-order chi connectivity index (χ0) is 19.8. The summed E-state index contributed by atoms with van der Waals surface area (Å²) in [5, 5.41) is 0.142. The van der Waals surface area contributed by atoms with Crippen LogP contribution >= 0.6 is 0 Å². The van der Waals surface area contributed by atoms with Crippen LogP contribution in [0.25, 0.3) is 5.65 Å². The molecule has 1 aliphatic rings. The van der Waals surface area contributed by atoms with E-state index < -0.39 is 8.32 Å². The van der Waals surface area contributed by atoms with E-state index in [9.17, 15) is 4.79 Å². The Morgan fingerprint density at radius 3 is 2.67 bits per heavy atom. The molecule has 2 aromatic rings. The summed E-state index contributed by atoms with van der Waals surface area (Å²) in [4.78, 5) is 16.9. The van der Waals surface area contributed by atoms with Crippen molar-refractivity contribution in [1.29, 1.82) is 0 Å². The van der Waals surface area contributed by atoms with Crippen molar-refractivity contribution in [3.63, 3.8) is 0 Å². The van der Waals surface area contributed by atoms with Gasteiger partial charge in [-0.15, -0.1) is 0 Å². The fourth-order valence-electron chi connectivity index (χ4n) is 2.68. The summed E-state index contributed by atoms with van der Waals surface area (Å²) >= 11 is 0. The highest BCUT2D eigenvalue weighted by atomic mass is 28.4. The number of carbonyl (C=O) groups excluding carboxylic acids is 1. The average molecular weight is 391 g/mol. The number of esters is 1. The van der Waals surface area contributed by atoms with Gasteiger partial charge < -0.3 is 18.3 Å². The number of hydrogen-bond donors (Lipinski definition) is 0. The van der Waals surface area contributed by atoms with Gasteiger partial charge in [-0.3, -0.25) is 0 Å². The van der Waals surface area contributed by atoms with E-state index in [0.29, 0.717) is 18.8 Å². The molecule has 0 aliphatic carbocycles. The minimum Gasteiger partial charge on any atom is -0.462 e. The standard InChI is InChI=1S/C20H30N2O4Si/c1-7-24-19(23)14-8-9-18-21-16(13-26-27(5,6)20(2,3)4)17(22(18)11-14)10-15-12-25-15/h8-9,11,15H,7,10,12-13H2,1-6H3. The summed E-state index contributed by atoms with van der Waals surface area (Å²) in [7, 11) is -1.88. The zero-order valence-electron chi connectivity index (χ0n) is 17.2. The predicted octanol–water partition coefficient (Wildman–Crippen LogP) is 3.97. The Balaban J connectivity index is 1.93. The lowest BCUT2D eigenvalue weighted by Gasteiger charge is -2.36. The van der Waals surface area contributed by atoms with Gasteiger partial charge in [0, 0.05) is 12.6 Å². The summed E-state index contributed by atoms with van der Waals surface area (Å²) in [6.45, 7) is 14.6. The first kappa shape index (κ1) is 20.0. The SMILES string of the molecule is CCOC(=O)c1ccc2nc(CO[Si](C)(C)C(C)(C)C)c(CC3CO3)n2c1. The monoisotopic (exact) mass is 390 g/mol. The second-order valence-electron chi connectivity index (χ2n) is 8.58. The molecule has 148 valence electrons. The van der Waals surface area contributed by atoms with E-state index in [1.54, 1.807) is 13.0 Å². The molecule has 27 heavy (non-hydrogen) atoms. The summed E-state index contributed by atoms with van der Waals surface area (Å²) in [5.41, 5.74) is 3.32. The van der Waals surface area contributed by atoms with Crippen LogP contribution in [-0.4, -0.2) is 43.0 Å². The minimum absolute atomic E-state index is 0.142. The van der Waals surface area contributed by atoms with Crippen molar-refractivity contribution >= 4 is 19.9 Å². The molecule has 0 aromatic carbocycles. The van der Waals surface area contributed by atoms with Crippen molar-refractivity contribution < 1.29 is 18.7 Å². The molecule has 1 aliphatic heterocycles. The lowest BCUT2D eigenvalue weighted by Crippen LogP contribution is -2.40. The smallest absolute Gasteiger partial charge is 0.339 e. The van der Waals surface area contributed by atoms with Crippen molar-refractivity contribution in [2.75, 3.05) is 13.2 Å². The number of carbonyl (C=O) groups is 1. The molecule has 0 spiro atoms. The first-order chi connectivity index (χ1) is 12.6. The Labute approximate surface area is 162 Å². The van der Waals surface area contributed by atoms with Gasteiger partial charge in [-0.05, 0) is 37.2 Å². The Morgan fingerprint density at radius 2 is 2.07 bits per heavy atom. The molecule has 1 atom stereocenters. The molecule has 1 saturated heterocycles. The van der Waals surface area contributed by atoms with Crippen molar-refractivity contribution in [3.8, 4) is 0 Å². The van der Waals surface area contributed by atoms with Crippen LogP contribution in [0.15, 0.2) is 18.3 Å². The van der Waals surface area contributed by atoms with Crippen molar-refractivity contribution in [2.24, 2.45) is 0 Å². The number of nitrogens with zero attached hydrogens (tertiary/aromatic N) is 2. The van der Waals surface area contributed by atoms with Gasteiger partial charge in [0.15, 0.2) is 8.32 Å².